The summed E-state index contributed by atoms with van der Waals surface area (Å²) >= 11 is 5.72. The van der Waals surface area contributed by atoms with E-state index in [0.717, 1.165) is 6.07 Å². The quantitative estimate of drug-likeness (QED) is 0.786. The molecule has 1 heterocycles. The van der Waals surface area contributed by atoms with E-state index in [9.17, 15) is 4.39 Å². The van der Waals surface area contributed by atoms with Crippen LogP contribution < -0.4 is 4.74 Å². The van der Waals surface area contributed by atoms with Gasteiger partial charge in [-0.3, -0.25) is 0 Å². The largest absolute Gasteiger partial charge is 0.437 e. The predicted molar refractivity (Wildman–Crippen MR) is 65.2 cm³/mol. The monoisotopic (exact) mass is 273 g/mol. The van der Waals surface area contributed by atoms with E-state index in [4.69, 9.17) is 26.9 Å². The number of halogens is 2. The Kier molecular flexibility index (Phi) is 3.61. The molecule has 0 aliphatic rings. The van der Waals surface area contributed by atoms with Gasteiger partial charge < -0.3 is 4.74 Å². The zero-order valence-electron chi connectivity index (χ0n) is 9.39. The van der Waals surface area contributed by atoms with Gasteiger partial charge in [0.2, 0.25) is 5.88 Å². The van der Waals surface area contributed by atoms with Crippen LogP contribution in [0.25, 0.3) is 0 Å². The molecule has 4 nitrogen and oxygen atoms in total. The zero-order valence-corrected chi connectivity index (χ0v) is 10.1. The van der Waals surface area contributed by atoms with Crippen molar-refractivity contribution in [2.45, 2.75) is 0 Å². The molecule has 0 saturated carbocycles. The van der Waals surface area contributed by atoms with Crippen LogP contribution in [0.5, 0.6) is 11.6 Å². The number of hydrogen-bond donors (Lipinski definition) is 0. The van der Waals surface area contributed by atoms with Gasteiger partial charge in [-0.25, -0.2) is 9.37 Å². The molecule has 6 heteroatoms. The number of benzene rings is 1. The third-order valence-electron chi connectivity index (χ3n) is 2.20. The van der Waals surface area contributed by atoms with Gasteiger partial charge >= 0.3 is 0 Å². The molecule has 19 heavy (non-hydrogen) atoms. The van der Waals surface area contributed by atoms with Crippen LogP contribution in [0.3, 0.4) is 0 Å². The molecule has 0 saturated heterocycles. The van der Waals surface area contributed by atoms with Gasteiger partial charge in [-0.2, -0.15) is 10.5 Å². The summed E-state index contributed by atoms with van der Waals surface area (Å²) in [6, 6.07) is 10.3. The summed E-state index contributed by atoms with van der Waals surface area (Å²) in [7, 11) is 0. The van der Waals surface area contributed by atoms with Gasteiger partial charge in [0.1, 0.15) is 28.4 Å². The maximum Gasteiger partial charge on any atom is 0.222 e. The molecule has 1 aromatic heterocycles. The highest BCUT2D eigenvalue weighted by Crippen LogP contribution is 2.27. The zero-order chi connectivity index (χ0) is 13.8. The van der Waals surface area contributed by atoms with Crippen LogP contribution in [-0.4, -0.2) is 4.98 Å². The second-order valence-corrected chi connectivity index (χ2v) is 3.84. The summed E-state index contributed by atoms with van der Waals surface area (Å²) in [6.45, 7) is 0. The Labute approximate surface area is 113 Å². The lowest BCUT2D eigenvalue weighted by molar-refractivity contribution is 0.456. The third kappa shape index (κ3) is 2.79. The average Bonchev–Trinajstić information content (AvgIpc) is 2.38. The normalized spacial score (nSPS) is 9.47. The van der Waals surface area contributed by atoms with E-state index < -0.39 is 5.82 Å². The first-order valence-corrected chi connectivity index (χ1v) is 5.46. The summed E-state index contributed by atoms with van der Waals surface area (Å²) in [5.74, 6) is -0.658. The standard InChI is InChI=1S/C13H5ClFN3O/c14-12-4-8(6-16)5-13(18-12)19-11-3-1-2-10(15)9(11)7-17/h1-5H. The van der Waals surface area contributed by atoms with Crippen LogP contribution in [-0.2, 0) is 0 Å². The first-order chi connectivity index (χ1) is 9.13. The molecule has 0 spiro atoms. The first-order valence-electron chi connectivity index (χ1n) is 5.08. The van der Waals surface area contributed by atoms with Crippen molar-refractivity contribution >= 4 is 11.6 Å². The van der Waals surface area contributed by atoms with E-state index in [1.54, 1.807) is 6.07 Å². The molecule has 92 valence electrons. The predicted octanol–water partition coefficient (Wildman–Crippen LogP) is 3.41. The van der Waals surface area contributed by atoms with Crippen molar-refractivity contribution < 1.29 is 9.13 Å². The Morgan fingerprint density at radius 3 is 2.68 bits per heavy atom. The van der Waals surface area contributed by atoms with E-state index >= 15 is 0 Å². The summed E-state index contributed by atoms with van der Waals surface area (Å²) in [6.07, 6.45) is 0. The second kappa shape index (κ2) is 5.34. The van der Waals surface area contributed by atoms with Crippen LogP contribution in [0.4, 0.5) is 4.39 Å². The Bertz CT molecular complexity index is 719. The highest BCUT2D eigenvalue weighted by atomic mass is 35.5. The van der Waals surface area contributed by atoms with Gasteiger partial charge in [0, 0.05) is 6.07 Å². The van der Waals surface area contributed by atoms with E-state index in [1.807, 2.05) is 6.07 Å². The molecule has 2 rings (SSSR count). The van der Waals surface area contributed by atoms with Crippen LogP contribution in [0, 0.1) is 28.5 Å². The lowest BCUT2D eigenvalue weighted by atomic mass is 10.2. The summed E-state index contributed by atoms with van der Waals surface area (Å²) < 4.78 is 18.7. The lowest BCUT2D eigenvalue weighted by Gasteiger charge is -2.07. The molecule has 0 amide bonds. The van der Waals surface area contributed by atoms with Crippen LogP contribution in [0.1, 0.15) is 11.1 Å². The smallest absolute Gasteiger partial charge is 0.222 e. The molecule has 2 aromatic rings. The molecule has 0 unspecified atom stereocenters. The molecule has 0 radical (unpaired) electrons. The molecule has 0 aliphatic carbocycles. The van der Waals surface area contributed by atoms with Crippen molar-refractivity contribution in [2.75, 3.05) is 0 Å². The van der Waals surface area contributed by atoms with Crippen LogP contribution in [0.15, 0.2) is 30.3 Å². The third-order valence-corrected chi connectivity index (χ3v) is 2.40. The Morgan fingerprint density at radius 1 is 1.21 bits per heavy atom. The molecular weight excluding hydrogens is 269 g/mol. The lowest BCUT2D eigenvalue weighted by Crippen LogP contribution is -1.94. The number of nitrogens with zero attached hydrogens (tertiary/aromatic N) is 3. The van der Waals surface area contributed by atoms with E-state index in [0.29, 0.717) is 0 Å². The molecule has 0 N–H and O–H groups in total. The summed E-state index contributed by atoms with van der Waals surface area (Å²) in [5, 5.41) is 17.7. The Hall–Kier alpha value is -2.63. The van der Waals surface area contributed by atoms with E-state index in [-0.39, 0.29) is 27.9 Å². The van der Waals surface area contributed by atoms with Crippen LogP contribution in [0.2, 0.25) is 5.15 Å². The van der Waals surface area contributed by atoms with Crippen molar-refractivity contribution in [3.8, 4) is 23.8 Å². The van der Waals surface area contributed by atoms with Crippen molar-refractivity contribution in [1.29, 1.82) is 10.5 Å². The minimum absolute atomic E-state index is 0.0150. The minimum atomic E-state index is -0.692. The van der Waals surface area contributed by atoms with Gasteiger partial charge in [0.25, 0.3) is 0 Å². The summed E-state index contributed by atoms with van der Waals surface area (Å²) in [4.78, 5) is 3.84. The fourth-order valence-corrected chi connectivity index (χ4v) is 1.60. The van der Waals surface area contributed by atoms with Crippen molar-refractivity contribution in [1.82, 2.24) is 4.98 Å². The fraction of sp³-hybridized carbons (Fsp3) is 0. The number of rotatable bonds is 2. The van der Waals surface area contributed by atoms with E-state index in [2.05, 4.69) is 4.98 Å². The molecule has 0 aliphatic heterocycles. The molecule has 1 aromatic carbocycles. The number of hydrogen-bond acceptors (Lipinski definition) is 4. The number of aromatic nitrogens is 1. The maximum absolute atomic E-state index is 13.4. The number of nitriles is 2. The minimum Gasteiger partial charge on any atom is -0.437 e. The summed E-state index contributed by atoms with van der Waals surface area (Å²) in [5.41, 5.74) is 0.0210. The van der Waals surface area contributed by atoms with Crippen molar-refractivity contribution in [2.24, 2.45) is 0 Å². The molecular formula is C13H5ClFN3O. The number of ether oxygens (including phenoxy) is 1. The second-order valence-electron chi connectivity index (χ2n) is 3.46. The molecule has 0 bridgehead atoms. The Morgan fingerprint density at radius 2 is 2.00 bits per heavy atom. The average molecular weight is 274 g/mol. The fourth-order valence-electron chi connectivity index (χ4n) is 1.40. The van der Waals surface area contributed by atoms with Crippen LogP contribution >= 0.6 is 11.6 Å². The topological polar surface area (TPSA) is 69.7 Å². The Balaban J connectivity index is 2.43. The van der Waals surface area contributed by atoms with Gasteiger partial charge in [-0.05, 0) is 18.2 Å². The number of pyridine rings is 1. The maximum atomic E-state index is 13.4. The van der Waals surface area contributed by atoms with Gasteiger partial charge in [0.15, 0.2) is 0 Å². The van der Waals surface area contributed by atoms with Gasteiger partial charge in [-0.15, -0.1) is 0 Å². The van der Waals surface area contributed by atoms with Crippen molar-refractivity contribution in [3.05, 3.63) is 52.4 Å². The van der Waals surface area contributed by atoms with Gasteiger partial charge in [0.05, 0.1) is 11.6 Å². The molecule has 0 fully saturated rings. The van der Waals surface area contributed by atoms with E-state index in [1.165, 1.54) is 24.3 Å². The highest BCUT2D eigenvalue weighted by molar-refractivity contribution is 6.29. The molecule has 0 atom stereocenters. The highest BCUT2D eigenvalue weighted by Gasteiger charge is 2.11. The van der Waals surface area contributed by atoms with Gasteiger partial charge in [-0.1, -0.05) is 17.7 Å². The SMILES string of the molecule is N#Cc1cc(Cl)nc(Oc2cccc(F)c2C#N)c1. The van der Waals surface area contributed by atoms with Crippen molar-refractivity contribution in [3.63, 3.8) is 0 Å². The first kappa shape index (κ1) is 12.8.